The molecule has 0 fully saturated rings. The Labute approximate surface area is 339 Å². The summed E-state index contributed by atoms with van der Waals surface area (Å²) in [6.07, 6.45) is 4.00. The summed E-state index contributed by atoms with van der Waals surface area (Å²) in [4.78, 5) is 0. The van der Waals surface area contributed by atoms with Gasteiger partial charge < -0.3 is 9.13 Å². The number of fused-ring (bicyclic) bond motifs is 7. The number of nitrogens with zero attached hydrogens (tertiary/aromatic N) is 2. The Bertz CT molecular complexity index is 3280. The number of rotatable bonds is 5. The van der Waals surface area contributed by atoms with Gasteiger partial charge in [-0.3, -0.25) is 0 Å². The fourth-order valence-electron chi connectivity index (χ4n) is 8.58. The predicted molar refractivity (Wildman–Crippen MR) is 249 cm³/mol. The van der Waals surface area contributed by atoms with Crippen molar-refractivity contribution in [2.75, 3.05) is 0 Å². The summed E-state index contributed by atoms with van der Waals surface area (Å²) >= 11 is 0. The zero-order chi connectivity index (χ0) is 39.0. The molecular weight excluding hydrogens is 701 g/mol. The van der Waals surface area contributed by atoms with Crippen LogP contribution in [0.1, 0.15) is 13.8 Å². The third-order valence-electron chi connectivity index (χ3n) is 11.4. The average Bonchev–Trinajstić information content (AvgIpc) is 3.81. The lowest BCUT2D eigenvalue weighted by atomic mass is 9.96. The minimum Gasteiger partial charge on any atom is -0.309 e. The molecule has 0 unspecified atom stereocenters. The van der Waals surface area contributed by atoms with E-state index in [0.29, 0.717) is 0 Å². The van der Waals surface area contributed by atoms with Crippen LogP contribution in [0.25, 0.3) is 99.1 Å². The number of allylic oxidation sites excluding steroid dienone is 2. The molecule has 0 aliphatic carbocycles. The minimum absolute atomic E-state index is 1.15. The van der Waals surface area contributed by atoms with Crippen LogP contribution in [0.5, 0.6) is 0 Å². The molecule has 11 rings (SSSR count). The first kappa shape index (κ1) is 35.0. The molecule has 9 aromatic carbocycles. The van der Waals surface area contributed by atoms with Crippen molar-refractivity contribution >= 4 is 54.4 Å². The van der Waals surface area contributed by atoms with Gasteiger partial charge in [0.25, 0.3) is 0 Å². The Balaban J connectivity index is 0.000000978. The van der Waals surface area contributed by atoms with E-state index in [4.69, 9.17) is 0 Å². The highest BCUT2D eigenvalue weighted by molar-refractivity contribution is 6.12. The van der Waals surface area contributed by atoms with Crippen molar-refractivity contribution in [3.8, 4) is 44.8 Å². The second kappa shape index (κ2) is 14.9. The van der Waals surface area contributed by atoms with E-state index < -0.39 is 0 Å². The molecule has 0 saturated carbocycles. The summed E-state index contributed by atoms with van der Waals surface area (Å²) in [5, 5.41) is 7.56. The first-order valence-electron chi connectivity index (χ1n) is 20.1. The lowest BCUT2D eigenvalue weighted by molar-refractivity contribution is 1.18. The van der Waals surface area contributed by atoms with Crippen molar-refractivity contribution in [3.05, 3.63) is 218 Å². The second-order valence-corrected chi connectivity index (χ2v) is 14.8. The van der Waals surface area contributed by atoms with Crippen LogP contribution in [0.15, 0.2) is 218 Å². The van der Waals surface area contributed by atoms with Crippen molar-refractivity contribution in [1.29, 1.82) is 0 Å². The molecular formula is C56H42N2. The molecule has 276 valence electrons. The van der Waals surface area contributed by atoms with Gasteiger partial charge in [-0.25, -0.2) is 0 Å². The van der Waals surface area contributed by atoms with E-state index in [1.54, 1.807) is 0 Å². The first-order chi connectivity index (χ1) is 28.7. The van der Waals surface area contributed by atoms with Crippen LogP contribution in [0.2, 0.25) is 0 Å². The molecule has 0 radical (unpaired) electrons. The van der Waals surface area contributed by atoms with Gasteiger partial charge in [-0.2, -0.15) is 0 Å². The van der Waals surface area contributed by atoms with Crippen LogP contribution in [-0.4, -0.2) is 9.13 Å². The Hall–Kier alpha value is -7.42. The molecule has 2 aromatic heterocycles. The topological polar surface area (TPSA) is 9.86 Å². The Morgan fingerprint density at radius 3 is 1.38 bits per heavy atom. The summed E-state index contributed by atoms with van der Waals surface area (Å²) in [6, 6.07) is 75.2. The van der Waals surface area contributed by atoms with Gasteiger partial charge in [-0.15, -0.1) is 0 Å². The molecule has 0 atom stereocenters. The van der Waals surface area contributed by atoms with Gasteiger partial charge in [0.05, 0.1) is 22.1 Å². The van der Waals surface area contributed by atoms with E-state index in [1.807, 2.05) is 26.0 Å². The maximum absolute atomic E-state index is 2.42. The zero-order valence-corrected chi connectivity index (χ0v) is 32.7. The highest BCUT2D eigenvalue weighted by atomic mass is 15.0. The van der Waals surface area contributed by atoms with Crippen LogP contribution >= 0.6 is 0 Å². The molecule has 0 aliphatic rings. The van der Waals surface area contributed by atoms with Crippen LogP contribution in [0, 0.1) is 0 Å². The molecule has 0 N–H and O–H groups in total. The van der Waals surface area contributed by atoms with Crippen molar-refractivity contribution < 1.29 is 0 Å². The molecule has 0 spiro atoms. The standard InChI is InChI=1S/C52H34N2.C4H8/c1-2-15-41(16-3-1)53-49-22-8-6-19-45(49)47-33-39(28-30-51(47)53)40-29-31-52-48(34-40)46-20-7-9-23-50(46)54(52)42-17-10-14-38(32-42)35-24-26-37(27-25-35)44-21-11-13-36-12-4-5-18-43(36)44;1-3-4-2/h1-34H;3-4H,1-2H3/b;4-3-. The van der Waals surface area contributed by atoms with E-state index in [0.717, 1.165) is 5.69 Å². The van der Waals surface area contributed by atoms with Gasteiger partial charge in [-0.1, -0.05) is 158 Å². The number of hydrogen-bond acceptors (Lipinski definition) is 0. The van der Waals surface area contributed by atoms with Crippen molar-refractivity contribution in [2.45, 2.75) is 13.8 Å². The van der Waals surface area contributed by atoms with Crippen molar-refractivity contribution in [3.63, 3.8) is 0 Å². The van der Waals surface area contributed by atoms with Gasteiger partial charge in [0.15, 0.2) is 0 Å². The van der Waals surface area contributed by atoms with E-state index in [9.17, 15) is 0 Å². The van der Waals surface area contributed by atoms with Crippen LogP contribution in [-0.2, 0) is 0 Å². The second-order valence-electron chi connectivity index (χ2n) is 14.8. The Morgan fingerprint density at radius 2 is 0.741 bits per heavy atom. The van der Waals surface area contributed by atoms with Crippen LogP contribution < -0.4 is 0 Å². The fourth-order valence-corrected chi connectivity index (χ4v) is 8.58. The highest BCUT2D eigenvalue weighted by Gasteiger charge is 2.16. The first-order valence-corrected chi connectivity index (χ1v) is 20.1. The van der Waals surface area contributed by atoms with Crippen LogP contribution in [0.4, 0.5) is 0 Å². The smallest absolute Gasteiger partial charge is 0.0541 e. The number of benzene rings is 9. The monoisotopic (exact) mass is 742 g/mol. The normalized spacial score (nSPS) is 11.6. The van der Waals surface area contributed by atoms with Gasteiger partial charge in [-0.05, 0) is 119 Å². The third-order valence-corrected chi connectivity index (χ3v) is 11.4. The van der Waals surface area contributed by atoms with Gasteiger partial charge >= 0.3 is 0 Å². The average molecular weight is 743 g/mol. The SMILES string of the molecule is C/C=C\C.c1ccc(-n2c3ccccc3c3cc(-c4ccc5c(c4)c4ccccc4n5-c4cccc(-c5ccc(-c6cccc7ccccc67)cc5)c4)ccc32)cc1. The minimum atomic E-state index is 1.15. The lowest BCUT2D eigenvalue weighted by Crippen LogP contribution is -1.94. The highest BCUT2D eigenvalue weighted by Crippen LogP contribution is 2.39. The van der Waals surface area contributed by atoms with Gasteiger partial charge in [0.2, 0.25) is 0 Å². The molecule has 0 bridgehead atoms. The number of aromatic nitrogens is 2. The largest absolute Gasteiger partial charge is 0.309 e. The Kier molecular flexibility index (Phi) is 9.01. The molecule has 2 heterocycles. The number of para-hydroxylation sites is 3. The van der Waals surface area contributed by atoms with E-state index in [1.165, 1.54) is 93.5 Å². The third kappa shape index (κ3) is 6.07. The summed E-state index contributed by atoms with van der Waals surface area (Å²) in [6.45, 7) is 4.00. The molecule has 2 heteroatoms. The van der Waals surface area contributed by atoms with Crippen molar-refractivity contribution in [1.82, 2.24) is 9.13 Å². The maximum Gasteiger partial charge on any atom is 0.0541 e. The molecule has 0 amide bonds. The van der Waals surface area contributed by atoms with E-state index in [2.05, 4.69) is 215 Å². The van der Waals surface area contributed by atoms with E-state index in [-0.39, 0.29) is 0 Å². The summed E-state index contributed by atoms with van der Waals surface area (Å²) < 4.78 is 4.79. The number of hydrogen-bond donors (Lipinski definition) is 0. The molecule has 0 aliphatic heterocycles. The zero-order valence-electron chi connectivity index (χ0n) is 32.7. The van der Waals surface area contributed by atoms with Gasteiger partial charge in [0, 0.05) is 32.9 Å². The quantitative estimate of drug-likeness (QED) is 0.155. The summed E-state index contributed by atoms with van der Waals surface area (Å²) in [7, 11) is 0. The van der Waals surface area contributed by atoms with E-state index >= 15 is 0 Å². The molecule has 11 aromatic rings. The Morgan fingerprint density at radius 1 is 0.293 bits per heavy atom. The van der Waals surface area contributed by atoms with Crippen molar-refractivity contribution in [2.24, 2.45) is 0 Å². The lowest BCUT2D eigenvalue weighted by Gasteiger charge is -2.12. The molecule has 58 heavy (non-hydrogen) atoms. The van der Waals surface area contributed by atoms with Gasteiger partial charge in [0.1, 0.15) is 0 Å². The summed E-state index contributed by atoms with van der Waals surface area (Å²) in [5.74, 6) is 0. The van der Waals surface area contributed by atoms with Crippen LogP contribution in [0.3, 0.4) is 0 Å². The fraction of sp³-hybridized carbons (Fsp3) is 0.0357. The maximum atomic E-state index is 2.42. The predicted octanol–water partition coefficient (Wildman–Crippen LogP) is 15.6. The molecule has 2 nitrogen and oxygen atoms in total. The molecule has 0 saturated heterocycles. The summed E-state index contributed by atoms with van der Waals surface area (Å²) in [5.41, 5.74) is 14.5.